The van der Waals surface area contributed by atoms with E-state index in [0.29, 0.717) is 17.1 Å². The average Bonchev–Trinajstić information content (AvgIpc) is 2.58. The molecule has 1 fully saturated rings. The Kier molecular flexibility index (Phi) is 4.75. The van der Waals surface area contributed by atoms with Gasteiger partial charge in [0.05, 0.1) is 5.56 Å². The number of rotatable bonds is 3. The number of hydrogen-bond donors (Lipinski definition) is 0. The minimum atomic E-state index is -0.317. The standard InChI is InChI=1S/C17H16ClFN4/c18-16-10-15(19)4-3-14(16)12-22-6-8-23(9-7-22)17-13(11-20)2-1-5-21-17/h1-5,10H,6-9,12H2. The summed E-state index contributed by atoms with van der Waals surface area (Å²) in [6.45, 7) is 3.97. The van der Waals surface area contributed by atoms with Crippen molar-refractivity contribution in [2.75, 3.05) is 31.1 Å². The van der Waals surface area contributed by atoms with Gasteiger partial charge in [-0.2, -0.15) is 5.26 Å². The Hall–Kier alpha value is -2.16. The molecule has 0 saturated carbocycles. The highest BCUT2D eigenvalue weighted by atomic mass is 35.5. The Morgan fingerprint density at radius 3 is 2.70 bits per heavy atom. The van der Waals surface area contributed by atoms with Crippen LogP contribution in [0.2, 0.25) is 5.02 Å². The van der Waals surface area contributed by atoms with Crippen LogP contribution < -0.4 is 4.90 Å². The molecule has 1 aliphatic rings. The molecule has 1 aliphatic heterocycles. The minimum absolute atomic E-state index is 0.317. The number of nitrogens with zero attached hydrogens (tertiary/aromatic N) is 4. The van der Waals surface area contributed by atoms with E-state index in [2.05, 4.69) is 20.9 Å². The second-order valence-corrected chi connectivity index (χ2v) is 5.89. The number of nitriles is 1. The fourth-order valence-corrected chi connectivity index (χ4v) is 2.97. The summed E-state index contributed by atoms with van der Waals surface area (Å²) in [5.74, 6) is 0.428. The Balaban J connectivity index is 1.63. The van der Waals surface area contributed by atoms with E-state index in [4.69, 9.17) is 11.6 Å². The predicted octanol–water partition coefficient (Wildman–Crippen LogP) is 3.07. The molecule has 2 heterocycles. The monoisotopic (exact) mass is 330 g/mol. The number of anilines is 1. The Labute approximate surface area is 139 Å². The summed E-state index contributed by atoms with van der Waals surface area (Å²) in [5.41, 5.74) is 1.53. The highest BCUT2D eigenvalue weighted by Crippen LogP contribution is 2.22. The smallest absolute Gasteiger partial charge is 0.146 e. The van der Waals surface area contributed by atoms with Gasteiger partial charge in [-0.15, -0.1) is 0 Å². The van der Waals surface area contributed by atoms with Crippen molar-refractivity contribution in [2.45, 2.75) is 6.54 Å². The lowest BCUT2D eigenvalue weighted by molar-refractivity contribution is 0.249. The first kappa shape index (κ1) is 15.7. The highest BCUT2D eigenvalue weighted by Gasteiger charge is 2.20. The molecule has 0 aliphatic carbocycles. The maximum Gasteiger partial charge on any atom is 0.146 e. The molecule has 0 unspecified atom stereocenters. The van der Waals surface area contributed by atoms with E-state index in [9.17, 15) is 9.65 Å². The molecule has 23 heavy (non-hydrogen) atoms. The summed E-state index contributed by atoms with van der Waals surface area (Å²) in [5, 5.41) is 9.64. The van der Waals surface area contributed by atoms with Crippen LogP contribution in [0.5, 0.6) is 0 Å². The van der Waals surface area contributed by atoms with Crippen LogP contribution in [0.25, 0.3) is 0 Å². The number of pyridine rings is 1. The van der Waals surface area contributed by atoms with E-state index < -0.39 is 0 Å². The SMILES string of the molecule is N#Cc1cccnc1N1CCN(Cc2ccc(F)cc2Cl)CC1. The second-order valence-electron chi connectivity index (χ2n) is 5.49. The zero-order chi connectivity index (χ0) is 16.2. The molecular formula is C17H16ClFN4. The largest absolute Gasteiger partial charge is 0.353 e. The zero-order valence-corrected chi connectivity index (χ0v) is 13.3. The molecule has 2 aromatic rings. The van der Waals surface area contributed by atoms with E-state index in [1.807, 2.05) is 0 Å². The number of benzene rings is 1. The van der Waals surface area contributed by atoms with E-state index >= 15 is 0 Å². The van der Waals surface area contributed by atoms with Gasteiger partial charge in [0.1, 0.15) is 17.7 Å². The summed E-state index contributed by atoms with van der Waals surface area (Å²) >= 11 is 6.09. The van der Waals surface area contributed by atoms with Gasteiger partial charge in [-0.25, -0.2) is 9.37 Å². The van der Waals surface area contributed by atoms with E-state index in [-0.39, 0.29) is 5.82 Å². The van der Waals surface area contributed by atoms with Gasteiger partial charge < -0.3 is 4.90 Å². The molecule has 1 aromatic heterocycles. The maximum absolute atomic E-state index is 13.1. The van der Waals surface area contributed by atoms with Gasteiger partial charge in [0, 0.05) is 43.9 Å². The first-order valence-electron chi connectivity index (χ1n) is 7.44. The Bertz CT molecular complexity index is 736. The molecular weight excluding hydrogens is 315 g/mol. The second kappa shape index (κ2) is 6.95. The van der Waals surface area contributed by atoms with E-state index in [1.165, 1.54) is 12.1 Å². The Morgan fingerprint density at radius 2 is 2.00 bits per heavy atom. The van der Waals surface area contributed by atoms with Crippen LogP contribution in [0.3, 0.4) is 0 Å². The van der Waals surface area contributed by atoms with Gasteiger partial charge in [-0.1, -0.05) is 17.7 Å². The number of piperazine rings is 1. The molecule has 1 saturated heterocycles. The molecule has 118 valence electrons. The van der Waals surface area contributed by atoms with Gasteiger partial charge >= 0.3 is 0 Å². The van der Waals surface area contributed by atoms with E-state index in [0.717, 1.165) is 37.6 Å². The third-order valence-electron chi connectivity index (χ3n) is 3.99. The minimum Gasteiger partial charge on any atom is -0.353 e. The van der Waals surface area contributed by atoms with Crippen LogP contribution in [0.4, 0.5) is 10.2 Å². The lowest BCUT2D eigenvalue weighted by Crippen LogP contribution is -2.46. The molecule has 0 N–H and O–H groups in total. The van der Waals surface area contributed by atoms with Crippen molar-refractivity contribution < 1.29 is 4.39 Å². The fraction of sp³-hybridized carbons (Fsp3) is 0.294. The quantitative estimate of drug-likeness (QED) is 0.867. The molecule has 0 atom stereocenters. The lowest BCUT2D eigenvalue weighted by atomic mass is 10.2. The molecule has 6 heteroatoms. The summed E-state index contributed by atoms with van der Waals surface area (Å²) < 4.78 is 13.1. The molecule has 0 radical (unpaired) electrons. The van der Waals surface area contributed by atoms with Gasteiger partial charge in [0.15, 0.2) is 0 Å². The molecule has 0 bridgehead atoms. The van der Waals surface area contributed by atoms with Crippen LogP contribution in [0.15, 0.2) is 36.5 Å². The van der Waals surface area contributed by atoms with Crippen LogP contribution in [0.1, 0.15) is 11.1 Å². The highest BCUT2D eigenvalue weighted by molar-refractivity contribution is 6.31. The van der Waals surface area contributed by atoms with Crippen LogP contribution in [0, 0.1) is 17.1 Å². The third-order valence-corrected chi connectivity index (χ3v) is 4.34. The van der Waals surface area contributed by atoms with Crippen molar-refractivity contribution in [3.05, 3.63) is 58.5 Å². The van der Waals surface area contributed by atoms with Crippen LogP contribution in [-0.2, 0) is 6.54 Å². The maximum atomic E-state index is 13.1. The van der Waals surface area contributed by atoms with Gasteiger partial charge in [-0.3, -0.25) is 4.90 Å². The molecule has 4 nitrogen and oxygen atoms in total. The topological polar surface area (TPSA) is 43.2 Å². The van der Waals surface area contributed by atoms with Gasteiger partial charge in [0.25, 0.3) is 0 Å². The number of halogens is 2. The zero-order valence-electron chi connectivity index (χ0n) is 12.5. The van der Waals surface area contributed by atoms with Crippen molar-refractivity contribution in [3.63, 3.8) is 0 Å². The summed E-state index contributed by atoms with van der Waals surface area (Å²) in [7, 11) is 0. The van der Waals surface area contributed by atoms with E-state index in [1.54, 1.807) is 24.4 Å². The molecule has 0 spiro atoms. The Morgan fingerprint density at radius 1 is 1.22 bits per heavy atom. The fourth-order valence-electron chi connectivity index (χ4n) is 2.74. The number of aromatic nitrogens is 1. The summed E-state index contributed by atoms with van der Waals surface area (Å²) in [4.78, 5) is 8.72. The van der Waals surface area contributed by atoms with Gasteiger partial charge in [-0.05, 0) is 29.8 Å². The van der Waals surface area contributed by atoms with Crippen molar-refractivity contribution in [1.29, 1.82) is 5.26 Å². The van der Waals surface area contributed by atoms with Crippen molar-refractivity contribution >= 4 is 17.4 Å². The van der Waals surface area contributed by atoms with Crippen molar-refractivity contribution in [3.8, 4) is 6.07 Å². The first-order chi connectivity index (χ1) is 11.2. The normalized spacial score (nSPS) is 15.4. The molecule has 3 rings (SSSR count). The van der Waals surface area contributed by atoms with Crippen molar-refractivity contribution in [2.24, 2.45) is 0 Å². The molecule has 1 aromatic carbocycles. The van der Waals surface area contributed by atoms with Crippen LogP contribution >= 0.6 is 11.6 Å². The summed E-state index contributed by atoms with van der Waals surface area (Å²) in [6, 6.07) is 10.3. The average molecular weight is 331 g/mol. The number of hydrogen-bond acceptors (Lipinski definition) is 4. The third kappa shape index (κ3) is 3.61. The predicted molar refractivity (Wildman–Crippen MR) is 87.9 cm³/mol. The van der Waals surface area contributed by atoms with Gasteiger partial charge in [0.2, 0.25) is 0 Å². The van der Waals surface area contributed by atoms with Crippen LogP contribution in [-0.4, -0.2) is 36.1 Å². The van der Waals surface area contributed by atoms with Crippen molar-refractivity contribution in [1.82, 2.24) is 9.88 Å². The first-order valence-corrected chi connectivity index (χ1v) is 7.81. The molecule has 0 amide bonds. The lowest BCUT2D eigenvalue weighted by Gasteiger charge is -2.35. The summed E-state index contributed by atoms with van der Waals surface area (Å²) in [6.07, 6.45) is 1.71.